The Hall–Kier alpha value is -1.91. The zero-order chi connectivity index (χ0) is 16.4. The molecule has 0 atom stereocenters. The number of unbranched alkanes of at least 4 members (excludes halogenated alkanes) is 7. The van der Waals surface area contributed by atoms with E-state index in [0.29, 0.717) is 12.1 Å². The first-order valence-electron chi connectivity index (χ1n) is 8.22. The van der Waals surface area contributed by atoms with Crippen LogP contribution in [0.15, 0.2) is 12.1 Å². The lowest BCUT2D eigenvalue weighted by Crippen LogP contribution is -2.24. The van der Waals surface area contributed by atoms with Crippen molar-refractivity contribution in [3.63, 3.8) is 0 Å². The van der Waals surface area contributed by atoms with Crippen molar-refractivity contribution in [2.75, 3.05) is 18.0 Å². The van der Waals surface area contributed by atoms with Crippen LogP contribution < -0.4 is 16.8 Å². The molecule has 0 aliphatic heterocycles. The Morgan fingerprint density at radius 3 is 2.05 bits per heavy atom. The molecule has 0 unspecified atom stereocenters. The number of benzene rings is 1. The van der Waals surface area contributed by atoms with Crippen LogP contribution in [-0.2, 0) is 0 Å². The van der Waals surface area contributed by atoms with Crippen molar-refractivity contribution < 1.29 is 9.90 Å². The third-order valence-electron chi connectivity index (χ3n) is 3.75. The van der Waals surface area contributed by atoms with Crippen molar-refractivity contribution >= 4 is 17.3 Å². The Balaban J connectivity index is 2.19. The SMILES string of the molecule is CCCCCCCCCCNC(=O)c1cc(N)c(O)c(N)c1. The molecule has 0 bridgehead atoms. The van der Waals surface area contributed by atoms with Gasteiger partial charge in [0, 0.05) is 12.1 Å². The lowest BCUT2D eigenvalue weighted by Gasteiger charge is -2.08. The number of nitrogens with two attached hydrogens (primary N) is 2. The van der Waals surface area contributed by atoms with Gasteiger partial charge in [0.1, 0.15) is 0 Å². The number of phenolic OH excluding ortho intramolecular Hbond substituents is 1. The van der Waals surface area contributed by atoms with Gasteiger partial charge in [-0.1, -0.05) is 51.9 Å². The van der Waals surface area contributed by atoms with E-state index in [1.807, 2.05) is 0 Å². The van der Waals surface area contributed by atoms with Gasteiger partial charge in [-0.25, -0.2) is 0 Å². The highest BCUT2D eigenvalue weighted by Crippen LogP contribution is 2.28. The van der Waals surface area contributed by atoms with Crippen molar-refractivity contribution in [3.8, 4) is 5.75 Å². The average molecular weight is 307 g/mol. The monoisotopic (exact) mass is 307 g/mol. The minimum atomic E-state index is -0.207. The van der Waals surface area contributed by atoms with Crippen LogP contribution in [0.3, 0.4) is 0 Å². The van der Waals surface area contributed by atoms with Gasteiger partial charge in [0.25, 0.3) is 5.91 Å². The van der Waals surface area contributed by atoms with Crippen LogP contribution in [0.4, 0.5) is 11.4 Å². The van der Waals surface area contributed by atoms with Crippen LogP contribution >= 0.6 is 0 Å². The van der Waals surface area contributed by atoms with Crippen LogP contribution in [0, 0.1) is 0 Å². The Morgan fingerprint density at radius 1 is 1.00 bits per heavy atom. The highest BCUT2D eigenvalue weighted by atomic mass is 16.3. The fraction of sp³-hybridized carbons (Fsp3) is 0.588. The summed E-state index contributed by atoms with van der Waals surface area (Å²) >= 11 is 0. The van der Waals surface area contributed by atoms with Crippen molar-refractivity contribution in [1.82, 2.24) is 5.32 Å². The van der Waals surface area contributed by atoms with E-state index in [2.05, 4.69) is 12.2 Å². The molecule has 124 valence electrons. The molecule has 5 nitrogen and oxygen atoms in total. The molecule has 0 aliphatic carbocycles. The Labute approximate surface area is 133 Å². The maximum absolute atomic E-state index is 12.0. The molecule has 1 amide bonds. The number of aromatic hydroxyl groups is 1. The fourth-order valence-corrected chi connectivity index (χ4v) is 2.37. The van der Waals surface area contributed by atoms with Crippen LogP contribution in [0.5, 0.6) is 5.75 Å². The van der Waals surface area contributed by atoms with E-state index in [4.69, 9.17) is 11.5 Å². The molecule has 0 aliphatic rings. The summed E-state index contributed by atoms with van der Waals surface area (Å²) in [6, 6.07) is 2.88. The second-order valence-electron chi connectivity index (χ2n) is 5.73. The standard InChI is InChI=1S/C17H29N3O2/c1-2-3-4-5-6-7-8-9-10-20-17(22)13-11-14(18)16(21)15(19)12-13/h11-12,21H,2-10,18-19H2,1H3,(H,20,22). The number of carbonyl (C=O) groups excluding carboxylic acids is 1. The highest BCUT2D eigenvalue weighted by molar-refractivity contribution is 5.97. The van der Waals surface area contributed by atoms with E-state index in [1.165, 1.54) is 50.7 Å². The summed E-state index contributed by atoms with van der Waals surface area (Å²) < 4.78 is 0. The first kappa shape index (κ1) is 18.1. The largest absolute Gasteiger partial charge is 0.504 e. The predicted octanol–water partition coefficient (Wildman–Crippen LogP) is 3.43. The molecule has 0 saturated carbocycles. The van der Waals surface area contributed by atoms with Gasteiger partial charge in [-0.2, -0.15) is 0 Å². The molecule has 6 N–H and O–H groups in total. The van der Waals surface area contributed by atoms with Crippen molar-refractivity contribution in [1.29, 1.82) is 0 Å². The molecule has 0 saturated heterocycles. The quantitative estimate of drug-likeness (QED) is 0.302. The summed E-state index contributed by atoms with van der Waals surface area (Å²) in [7, 11) is 0. The third kappa shape index (κ3) is 6.24. The summed E-state index contributed by atoms with van der Waals surface area (Å²) in [4.78, 5) is 12.0. The molecule has 0 heterocycles. The number of amides is 1. The molecule has 22 heavy (non-hydrogen) atoms. The van der Waals surface area contributed by atoms with E-state index in [-0.39, 0.29) is 23.0 Å². The van der Waals surface area contributed by atoms with Gasteiger partial charge in [-0.3, -0.25) is 4.79 Å². The van der Waals surface area contributed by atoms with Gasteiger partial charge >= 0.3 is 0 Å². The lowest BCUT2D eigenvalue weighted by molar-refractivity contribution is 0.0953. The van der Waals surface area contributed by atoms with Crippen LogP contribution in [-0.4, -0.2) is 17.6 Å². The topological polar surface area (TPSA) is 101 Å². The normalized spacial score (nSPS) is 10.6. The number of phenols is 1. The maximum Gasteiger partial charge on any atom is 0.251 e. The Bertz CT molecular complexity index is 452. The summed E-state index contributed by atoms with van der Waals surface area (Å²) in [6.07, 6.45) is 9.85. The molecule has 1 aromatic carbocycles. The number of hydrogen-bond acceptors (Lipinski definition) is 4. The smallest absolute Gasteiger partial charge is 0.251 e. The van der Waals surface area contributed by atoms with Crippen LogP contribution in [0.25, 0.3) is 0 Å². The highest BCUT2D eigenvalue weighted by Gasteiger charge is 2.10. The maximum atomic E-state index is 12.0. The second-order valence-corrected chi connectivity index (χ2v) is 5.73. The first-order chi connectivity index (χ1) is 10.6. The van der Waals surface area contributed by atoms with E-state index >= 15 is 0 Å². The van der Waals surface area contributed by atoms with Gasteiger partial charge in [-0.05, 0) is 18.6 Å². The predicted molar refractivity (Wildman–Crippen MR) is 91.9 cm³/mol. The molecule has 0 spiro atoms. The number of carbonyl (C=O) groups is 1. The Kier molecular flexibility index (Phi) is 8.18. The van der Waals surface area contributed by atoms with Gasteiger partial charge in [0.2, 0.25) is 0 Å². The first-order valence-corrected chi connectivity index (χ1v) is 8.22. The van der Waals surface area contributed by atoms with Gasteiger partial charge < -0.3 is 21.9 Å². The molecular formula is C17H29N3O2. The number of nitrogens with one attached hydrogen (secondary N) is 1. The molecule has 0 aromatic heterocycles. The zero-order valence-electron chi connectivity index (χ0n) is 13.5. The molecule has 0 radical (unpaired) electrons. The number of nitrogen functional groups attached to an aromatic ring is 2. The third-order valence-corrected chi connectivity index (χ3v) is 3.75. The molecular weight excluding hydrogens is 278 g/mol. The van der Waals surface area contributed by atoms with Crippen LogP contribution in [0.2, 0.25) is 0 Å². The fourth-order valence-electron chi connectivity index (χ4n) is 2.37. The van der Waals surface area contributed by atoms with Gasteiger partial charge in [0.15, 0.2) is 5.75 Å². The summed E-state index contributed by atoms with van der Waals surface area (Å²) in [5.41, 5.74) is 11.8. The summed E-state index contributed by atoms with van der Waals surface area (Å²) in [5, 5.41) is 12.3. The number of anilines is 2. The second kappa shape index (κ2) is 9.92. The van der Waals surface area contributed by atoms with Crippen molar-refractivity contribution in [2.45, 2.75) is 58.3 Å². The summed E-state index contributed by atoms with van der Waals surface area (Å²) in [6.45, 7) is 2.87. The molecule has 1 rings (SSSR count). The molecule has 0 fully saturated rings. The van der Waals surface area contributed by atoms with E-state index in [1.54, 1.807) is 0 Å². The van der Waals surface area contributed by atoms with E-state index < -0.39 is 0 Å². The molecule has 5 heteroatoms. The van der Waals surface area contributed by atoms with Crippen molar-refractivity contribution in [2.24, 2.45) is 0 Å². The minimum absolute atomic E-state index is 0.122. The molecule has 1 aromatic rings. The van der Waals surface area contributed by atoms with Crippen LogP contribution in [0.1, 0.15) is 68.6 Å². The Morgan fingerprint density at radius 2 is 1.50 bits per heavy atom. The number of hydrogen-bond donors (Lipinski definition) is 4. The average Bonchev–Trinajstić information content (AvgIpc) is 2.50. The summed E-state index contributed by atoms with van der Waals surface area (Å²) in [5.74, 6) is -0.374. The zero-order valence-corrected chi connectivity index (χ0v) is 13.5. The lowest BCUT2D eigenvalue weighted by atomic mass is 10.1. The van der Waals surface area contributed by atoms with E-state index in [0.717, 1.165) is 12.8 Å². The minimum Gasteiger partial charge on any atom is -0.504 e. The van der Waals surface area contributed by atoms with E-state index in [9.17, 15) is 9.90 Å². The van der Waals surface area contributed by atoms with Gasteiger partial charge in [0.05, 0.1) is 11.4 Å². The van der Waals surface area contributed by atoms with Gasteiger partial charge in [-0.15, -0.1) is 0 Å². The van der Waals surface area contributed by atoms with Crippen molar-refractivity contribution in [3.05, 3.63) is 17.7 Å². The number of rotatable bonds is 10.